The molecule has 1 saturated carbocycles. The normalized spacial score (nSPS) is 26.1. The summed E-state index contributed by atoms with van der Waals surface area (Å²) in [5.74, 6) is 3.22. The van der Waals surface area contributed by atoms with Crippen LogP contribution < -0.4 is 9.64 Å². The SMILES string of the molecule is Cc1nc(N2CC([C@H]3CC4CN(CCO)C43)C2)nc(O[C@H](C)c2ccc(Cl)cc2Cl)c1Cl. The molecule has 3 fully saturated rings. The van der Waals surface area contributed by atoms with Gasteiger partial charge in [0.15, 0.2) is 0 Å². The zero-order valence-corrected chi connectivity index (χ0v) is 20.4. The highest BCUT2D eigenvalue weighted by molar-refractivity contribution is 6.35. The number of aliphatic hydroxyl groups excluding tert-OH is 1. The average Bonchev–Trinajstić information content (AvgIpc) is 2.68. The van der Waals surface area contributed by atoms with Crippen LogP contribution in [0.4, 0.5) is 5.95 Å². The molecule has 2 aliphatic heterocycles. The highest BCUT2D eigenvalue weighted by Crippen LogP contribution is 2.51. The lowest BCUT2D eigenvalue weighted by Crippen LogP contribution is -2.71. The number of aryl methyl sites for hydroxylation is 1. The van der Waals surface area contributed by atoms with Gasteiger partial charge < -0.3 is 14.7 Å². The van der Waals surface area contributed by atoms with Crippen LogP contribution in [-0.4, -0.2) is 58.8 Å². The lowest BCUT2D eigenvalue weighted by atomic mass is 9.57. The molecule has 0 bridgehead atoms. The molecule has 0 radical (unpaired) electrons. The van der Waals surface area contributed by atoms with Crippen LogP contribution in [-0.2, 0) is 0 Å². The summed E-state index contributed by atoms with van der Waals surface area (Å²) in [7, 11) is 0. The van der Waals surface area contributed by atoms with Crippen LogP contribution in [0.1, 0.15) is 30.7 Å². The van der Waals surface area contributed by atoms with E-state index in [1.165, 1.54) is 6.42 Å². The maximum atomic E-state index is 9.25. The number of likely N-dealkylation sites (tertiary alicyclic amines) is 1. The molecule has 6 nitrogen and oxygen atoms in total. The minimum Gasteiger partial charge on any atom is -0.469 e. The number of piperidine rings is 1. The van der Waals surface area contributed by atoms with Gasteiger partial charge in [-0.25, -0.2) is 4.98 Å². The van der Waals surface area contributed by atoms with Gasteiger partial charge in [0.05, 0.1) is 12.3 Å². The average molecular weight is 498 g/mol. The Labute approximate surface area is 203 Å². The topological polar surface area (TPSA) is 61.7 Å². The summed E-state index contributed by atoms with van der Waals surface area (Å²) < 4.78 is 6.11. The molecule has 2 unspecified atom stereocenters. The number of hydrogen-bond acceptors (Lipinski definition) is 6. The van der Waals surface area contributed by atoms with Crippen LogP contribution in [0.25, 0.3) is 0 Å². The van der Waals surface area contributed by atoms with E-state index in [1.807, 2.05) is 19.9 Å². The van der Waals surface area contributed by atoms with Crippen LogP contribution in [0.3, 0.4) is 0 Å². The van der Waals surface area contributed by atoms with Crippen molar-refractivity contribution < 1.29 is 9.84 Å². The number of hydrogen-bond donors (Lipinski definition) is 1. The van der Waals surface area contributed by atoms with E-state index in [-0.39, 0.29) is 12.7 Å². The smallest absolute Gasteiger partial charge is 0.238 e. The highest BCUT2D eigenvalue weighted by Gasteiger charge is 2.56. The van der Waals surface area contributed by atoms with Crippen molar-refractivity contribution in [2.45, 2.75) is 32.4 Å². The summed E-state index contributed by atoms with van der Waals surface area (Å²) >= 11 is 18.8. The van der Waals surface area contributed by atoms with Crippen molar-refractivity contribution in [2.24, 2.45) is 17.8 Å². The summed E-state index contributed by atoms with van der Waals surface area (Å²) in [6.07, 6.45) is 0.964. The zero-order chi connectivity index (χ0) is 22.6. The van der Waals surface area contributed by atoms with Gasteiger partial charge in [-0.2, -0.15) is 4.98 Å². The molecule has 172 valence electrons. The molecule has 1 aromatic heterocycles. The molecule has 1 N–H and O–H groups in total. The van der Waals surface area contributed by atoms with Crippen LogP contribution >= 0.6 is 34.8 Å². The minimum absolute atomic E-state index is 0.243. The van der Waals surface area contributed by atoms with Gasteiger partial charge in [0, 0.05) is 47.8 Å². The third-order valence-corrected chi connectivity index (χ3v) is 8.23. The molecule has 4 atom stereocenters. The van der Waals surface area contributed by atoms with Crippen LogP contribution in [0.15, 0.2) is 18.2 Å². The van der Waals surface area contributed by atoms with E-state index in [2.05, 4.69) is 19.8 Å². The summed E-state index contributed by atoms with van der Waals surface area (Å²) in [6, 6.07) is 6.00. The van der Waals surface area contributed by atoms with Gasteiger partial charge in [-0.3, -0.25) is 4.90 Å². The summed E-state index contributed by atoms with van der Waals surface area (Å²) in [4.78, 5) is 13.9. The van der Waals surface area contributed by atoms with Gasteiger partial charge >= 0.3 is 0 Å². The van der Waals surface area contributed by atoms with Gasteiger partial charge in [-0.1, -0.05) is 40.9 Å². The maximum absolute atomic E-state index is 9.25. The molecule has 9 heteroatoms. The van der Waals surface area contributed by atoms with E-state index in [1.54, 1.807) is 12.1 Å². The molecule has 2 aromatic rings. The molecule has 2 saturated heterocycles. The molecule has 3 heterocycles. The molecule has 5 rings (SSSR count). The van der Waals surface area contributed by atoms with Crippen LogP contribution in [0.5, 0.6) is 5.88 Å². The molecular weight excluding hydrogens is 471 g/mol. The summed E-state index contributed by atoms with van der Waals surface area (Å²) in [5.41, 5.74) is 1.52. The second kappa shape index (κ2) is 8.80. The molecule has 0 spiro atoms. The fraction of sp³-hybridized carbons (Fsp3) is 0.565. The van der Waals surface area contributed by atoms with E-state index < -0.39 is 0 Å². The summed E-state index contributed by atoms with van der Waals surface area (Å²) in [5, 5.41) is 10.8. The molecular formula is C23H27Cl3N4O2. The molecule has 32 heavy (non-hydrogen) atoms. The maximum Gasteiger partial charge on any atom is 0.238 e. The van der Waals surface area contributed by atoms with E-state index in [0.29, 0.717) is 50.5 Å². The standard InChI is InChI=1S/C23H27Cl3N4O2/c1-12-20(26)22(32-13(2)17-4-3-16(24)8-19(17)25)28-23(27-12)30-10-15(11-30)18-7-14-9-29(5-6-31)21(14)18/h3-4,8,13-15,18,21,31H,5-7,9-11H2,1-2H3/t13-,14?,18-,21?/m1/s1. The van der Waals surface area contributed by atoms with Crippen molar-refractivity contribution in [2.75, 3.05) is 37.7 Å². The number of rotatable bonds is 7. The first-order chi connectivity index (χ1) is 15.4. The van der Waals surface area contributed by atoms with Gasteiger partial charge in [0.2, 0.25) is 11.8 Å². The van der Waals surface area contributed by atoms with Gasteiger partial charge in [-0.15, -0.1) is 0 Å². The first-order valence-corrected chi connectivity index (χ1v) is 12.2. The van der Waals surface area contributed by atoms with Gasteiger partial charge in [-0.05, 0) is 50.2 Å². The number of aromatic nitrogens is 2. The number of β-amino-alcohol motifs (C(OH)–C–C–N with tert-alkyl or cyclic N) is 1. The van der Waals surface area contributed by atoms with Crippen LogP contribution in [0, 0.1) is 24.7 Å². The second-order valence-corrected chi connectivity index (χ2v) is 10.4. The van der Waals surface area contributed by atoms with Gasteiger partial charge in [0.25, 0.3) is 0 Å². The zero-order valence-electron chi connectivity index (χ0n) is 18.1. The Morgan fingerprint density at radius 2 is 1.94 bits per heavy atom. The van der Waals surface area contributed by atoms with Crippen molar-refractivity contribution in [1.82, 2.24) is 14.9 Å². The lowest BCUT2D eigenvalue weighted by Gasteiger charge is -2.64. The van der Waals surface area contributed by atoms with Crippen molar-refractivity contribution in [3.05, 3.63) is 44.5 Å². The van der Waals surface area contributed by atoms with E-state index in [9.17, 15) is 5.11 Å². The number of anilines is 1. The molecule has 3 aliphatic rings. The Morgan fingerprint density at radius 3 is 2.62 bits per heavy atom. The Bertz CT molecular complexity index is 1010. The van der Waals surface area contributed by atoms with E-state index >= 15 is 0 Å². The quantitative estimate of drug-likeness (QED) is 0.602. The van der Waals surface area contributed by atoms with E-state index in [4.69, 9.17) is 39.5 Å². The predicted molar refractivity (Wildman–Crippen MR) is 127 cm³/mol. The first kappa shape index (κ1) is 22.5. The monoisotopic (exact) mass is 496 g/mol. The molecule has 1 aromatic carbocycles. The predicted octanol–water partition coefficient (Wildman–Crippen LogP) is 4.63. The number of fused-ring (bicyclic) bond motifs is 1. The fourth-order valence-electron chi connectivity index (χ4n) is 5.41. The Morgan fingerprint density at radius 1 is 1.16 bits per heavy atom. The number of ether oxygens (including phenoxy) is 1. The number of halogens is 3. The Kier molecular flexibility index (Phi) is 6.18. The van der Waals surface area contributed by atoms with Crippen molar-refractivity contribution in [1.29, 1.82) is 0 Å². The number of aliphatic hydroxyl groups is 1. The van der Waals surface area contributed by atoms with Crippen molar-refractivity contribution in [3.63, 3.8) is 0 Å². The Hall–Kier alpha value is -1.31. The fourth-order valence-corrected chi connectivity index (χ4v) is 6.10. The van der Waals surface area contributed by atoms with Crippen molar-refractivity contribution in [3.8, 4) is 5.88 Å². The summed E-state index contributed by atoms with van der Waals surface area (Å²) in [6.45, 7) is 7.85. The van der Waals surface area contributed by atoms with Crippen molar-refractivity contribution >= 4 is 40.8 Å². The second-order valence-electron chi connectivity index (χ2n) is 9.19. The molecule has 0 amide bonds. The Balaban J connectivity index is 1.25. The highest BCUT2D eigenvalue weighted by atomic mass is 35.5. The largest absolute Gasteiger partial charge is 0.469 e. The first-order valence-electron chi connectivity index (χ1n) is 11.1. The lowest BCUT2D eigenvalue weighted by molar-refractivity contribution is -0.136. The van der Waals surface area contributed by atoms with Gasteiger partial charge in [0.1, 0.15) is 11.1 Å². The number of benzene rings is 1. The third kappa shape index (κ3) is 3.94. The third-order valence-electron chi connectivity index (χ3n) is 7.24. The minimum atomic E-state index is -0.341. The molecule has 1 aliphatic carbocycles. The van der Waals surface area contributed by atoms with E-state index in [0.717, 1.165) is 37.7 Å². The number of nitrogens with zero attached hydrogens (tertiary/aromatic N) is 4. The van der Waals surface area contributed by atoms with Crippen LogP contribution in [0.2, 0.25) is 15.1 Å².